The minimum Gasteiger partial charge on any atom is -0.458 e. The van der Waals surface area contributed by atoms with Crippen LogP contribution in [0.15, 0.2) is 6.07 Å². The van der Waals surface area contributed by atoms with Crippen molar-refractivity contribution in [2.24, 2.45) is 5.73 Å². The summed E-state index contributed by atoms with van der Waals surface area (Å²) in [7, 11) is 0. The molecule has 5 nitrogen and oxygen atoms in total. The fourth-order valence-electron chi connectivity index (χ4n) is 1.89. The van der Waals surface area contributed by atoms with Crippen LogP contribution in [0, 0.1) is 18.3 Å². The molecule has 2 rings (SSSR count). The first-order chi connectivity index (χ1) is 7.69. The molecule has 0 aliphatic heterocycles. The van der Waals surface area contributed by atoms with Gasteiger partial charge in [-0.1, -0.05) is 0 Å². The predicted molar refractivity (Wildman–Crippen MR) is 57.7 cm³/mol. The van der Waals surface area contributed by atoms with E-state index in [4.69, 9.17) is 15.7 Å². The van der Waals surface area contributed by atoms with Gasteiger partial charge in [0.25, 0.3) is 0 Å². The van der Waals surface area contributed by atoms with Crippen LogP contribution in [-0.4, -0.2) is 22.1 Å². The highest BCUT2D eigenvalue weighted by Crippen LogP contribution is 2.21. The Morgan fingerprint density at radius 3 is 2.94 bits per heavy atom. The van der Waals surface area contributed by atoms with Gasteiger partial charge in [-0.05, 0) is 32.3 Å². The number of nitrogens with two attached hydrogens (primary N) is 1. The molecule has 1 fully saturated rings. The first-order valence-corrected chi connectivity index (χ1v) is 5.37. The average Bonchev–Trinajstić information content (AvgIpc) is 2.63. The highest BCUT2D eigenvalue weighted by atomic mass is 16.5. The predicted octanol–water partition coefficient (Wildman–Crippen LogP) is 0.915. The lowest BCUT2D eigenvalue weighted by molar-refractivity contribution is 0.175. The van der Waals surface area contributed by atoms with Gasteiger partial charge in [-0.25, -0.2) is 4.98 Å². The number of nitriles is 1. The third-order valence-electron chi connectivity index (χ3n) is 2.71. The van der Waals surface area contributed by atoms with Crippen LogP contribution in [0.25, 0.3) is 0 Å². The van der Waals surface area contributed by atoms with E-state index in [-0.39, 0.29) is 18.2 Å². The zero-order valence-electron chi connectivity index (χ0n) is 9.18. The van der Waals surface area contributed by atoms with Gasteiger partial charge in [0, 0.05) is 11.7 Å². The Morgan fingerprint density at radius 1 is 1.50 bits per heavy atom. The molecule has 1 aromatic rings. The van der Waals surface area contributed by atoms with Crippen molar-refractivity contribution in [1.29, 1.82) is 5.26 Å². The van der Waals surface area contributed by atoms with Gasteiger partial charge >= 0.3 is 6.01 Å². The molecule has 16 heavy (non-hydrogen) atoms. The molecular weight excluding hydrogens is 204 g/mol. The summed E-state index contributed by atoms with van der Waals surface area (Å²) < 4.78 is 5.61. The van der Waals surface area contributed by atoms with Crippen molar-refractivity contribution in [1.82, 2.24) is 9.97 Å². The quantitative estimate of drug-likeness (QED) is 0.797. The molecule has 2 atom stereocenters. The van der Waals surface area contributed by atoms with Crippen LogP contribution < -0.4 is 10.5 Å². The SMILES string of the molecule is Cc1cc(C#N)nc(OC2CCCC2N)n1. The lowest BCUT2D eigenvalue weighted by Gasteiger charge is -2.16. The second-order valence-electron chi connectivity index (χ2n) is 4.04. The smallest absolute Gasteiger partial charge is 0.318 e. The molecule has 84 valence electrons. The average molecular weight is 218 g/mol. The fourth-order valence-corrected chi connectivity index (χ4v) is 1.89. The number of hydrogen-bond donors (Lipinski definition) is 1. The summed E-state index contributed by atoms with van der Waals surface area (Å²) in [5, 5.41) is 8.78. The number of nitrogens with zero attached hydrogens (tertiary/aromatic N) is 3. The summed E-state index contributed by atoms with van der Waals surface area (Å²) in [5.41, 5.74) is 6.95. The summed E-state index contributed by atoms with van der Waals surface area (Å²) in [5.74, 6) is 0. The van der Waals surface area contributed by atoms with Crippen LogP contribution in [0.3, 0.4) is 0 Å². The summed E-state index contributed by atoms with van der Waals surface area (Å²) in [4.78, 5) is 8.14. The molecular formula is C11H14N4O. The van der Waals surface area contributed by atoms with Crippen molar-refractivity contribution in [3.8, 4) is 12.1 Å². The number of hydrogen-bond acceptors (Lipinski definition) is 5. The molecule has 0 aromatic carbocycles. The van der Waals surface area contributed by atoms with E-state index in [0.717, 1.165) is 25.0 Å². The van der Waals surface area contributed by atoms with E-state index < -0.39 is 0 Å². The van der Waals surface area contributed by atoms with E-state index in [1.807, 2.05) is 13.0 Å². The molecule has 0 saturated heterocycles. The molecule has 0 radical (unpaired) electrons. The number of aryl methyl sites for hydroxylation is 1. The van der Waals surface area contributed by atoms with Crippen LogP contribution in [0.5, 0.6) is 6.01 Å². The van der Waals surface area contributed by atoms with Gasteiger partial charge in [-0.3, -0.25) is 0 Å². The van der Waals surface area contributed by atoms with Gasteiger partial charge < -0.3 is 10.5 Å². The normalized spacial score (nSPS) is 24.1. The van der Waals surface area contributed by atoms with Crippen molar-refractivity contribution < 1.29 is 4.74 Å². The highest BCUT2D eigenvalue weighted by molar-refractivity contribution is 5.23. The maximum atomic E-state index is 8.78. The summed E-state index contributed by atoms with van der Waals surface area (Å²) >= 11 is 0. The van der Waals surface area contributed by atoms with Gasteiger partial charge in [0.1, 0.15) is 17.9 Å². The van der Waals surface area contributed by atoms with Crippen molar-refractivity contribution in [2.45, 2.75) is 38.3 Å². The maximum absolute atomic E-state index is 8.78. The van der Waals surface area contributed by atoms with Crippen LogP contribution in [-0.2, 0) is 0 Å². The monoisotopic (exact) mass is 218 g/mol. The summed E-state index contributed by atoms with van der Waals surface area (Å²) in [6.45, 7) is 1.81. The Balaban J connectivity index is 2.15. The Labute approximate surface area is 94.3 Å². The van der Waals surface area contributed by atoms with E-state index in [1.54, 1.807) is 6.07 Å². The van der Waals surface area contributed by atoms with Crippen LogP contribution in [0.2, 0.25) is 0 Å². The lowest BCUT2D eigenvalue weighted by atomic mass is 10.2. The van der Waals surface area contributed by atoms with Crippen LogP contribution in [0.4, 0.5) is 0 Å². The van der Waals surface area contributed by atoms with E-state index in [2.05, 4.69) is 9.97 Å². The van der Waals surface area contributed by atoms with Gasteiger partial charge in [0.15, 0.2) is 0 Å². The van der Waals surface area contributed by atoms with Crippen molar-refractivity contribution in [2.75, 3.05) is 0 Å². The fraction of sp³-hybridized carbons (Fsp3) is 0.545. The first kappa shape index (κ1) is 10.8. The second-order valence-corrected chi connectivity index (χ2v) is 4.04. The van der Waals surface area contributed by atoms with E-state index >= 15 is 0 Å². The molecule has 2 unspecified atom stereocenters. The van der Waals surface area contributed by atoms with Crippen molar-refractivity contribution in [3.05, 3.63) is 17.5 Å². The molecule has 1 aliphatic carbocycles. The lowest BCUT2D eigenvalue weighted by Crippen LogP contribution is -2.34. The molecule has 1 saturated carbocycles. The zero-order chi connectivity index (χ0) is 11.5. The summed E-state index contributed by atoms with van der Waals surface area (Å²) in [6.07, 6.45) is 2.96. The van der Waals surface area contributed by atoms with E-state index in [0.29, 0.717) is 5.69 Å². The van der Waals surface area contributed by atoms with Crippen molar-refractivity contribution in [3.63, 3.8) is 0 Å². The van der Waals surface area contributed by atoms with E-state index in [1.165, 1.54) is 0 Å². The van der Waals surface area contributed by atoms with Crippen LogP contribution in [0.1, 0.15) is 30.7 Å². The molecule has 5 heteroatoms. The Bertz CT molecular complexity index is 426. The maximum Gasteiger partial charge on any atom is 0.318 e. The number of aromatic nitrogens is 2. The van der Waals surface area contributed by atoms with Gasteiger partial charge in [-0.15, -0.1) is 0 Å². The largest absolute Gasteiger partial charge is 0.458 e. The Morgan fingerprint density at radius 2 is 2.31 bits per heavy atom. The molecule has 2 N–H and O–H groups in total. The number of ether oxygens (including phenoxy) is 1. The number of rotatable bonds is 2. The standard InChI is InChI=1S/C11H14N4O/c1-7-5-8(6-12)15-11(14-7)16-10-4-2-3-9(10)13/h5,9-10H,2-4,13H2,1H3. The van der Waals surface area contributed by atoms with Gasteiger partial charge in [0.2, 0.25) is 0 Å². The molecule has 1 heterocycles. The molecule has 0 spiro atoms. The molecule has 0 amide bonds. The Kier molecular flexibility index (Phi) is 3.02. The highest BCUT2D eigenvalue weighted by Gasteiger charge is 2.26. The van der Waals surface area contributed by atoms with E-state index in [9.17, 15) is 0 Å². The minimum absolute atomic E-state index is 0.0201. The van der Waals surface area contributed by atoms with Gasteiger partial charge in [0.05, 0.1) is 0 Å². The van der Waals surface area contributed by atoms with Gasteiger partial charge in [-0.2, -0.15) is 10.2 Å². The summed E-state index contributed by atoms with van der Waals surface area (Å²) in [6, 6.07) is 3.92. The molecule has 1 aromatic heterocycles. The minimum atomic E-state index is -0.0201. The van der Waals surface area contributed by atoms with Crippen molar-refractivity contribution >= 4 is 0 Å². The topological polar surface area (TPSA) is 84.8 Å². The zero-order valence-corrected chi connectivity index (χ0v) is 9.18. The van der Waals surface area contributed by atoms with Crippen LogP contribution >= 0.6 is 0 Å². The molecule has 1 aliphatic rings. The first-order valence-electron chi connectivity index (χ1n) is 5.37. The second kappa shape index (κ2) is 4.45. The third-order valence-corrected chi connectivity index (χ3v) is 2.71. The Hall–Kier alpha value is -1.67. The molecule has 0 bridgehead atoms. The third kappa shape index (κ3) is 2.28.